The van der Waals surface area contributed by atoms with E-state index in [1.807, 2.05) is 12.1 Å². The van der Waals surface area contributed by atoms with E-state index >= 15 is 0 Å². The molecule has 1 aliphatic heterocycles. The molecule has 1 aromatic rings. The van der Waals surface area contributed by atoms with Gasteiger partial charge < -0.3 is 14.2 Å². The first-order chi connectivity index (χ1) is 9.25. The number of carbonyl (C=O) groups excluding carboxylic acids is 1. The molecular weight excluding hydrogens is 244 g/mol. The van der Waals surface area contributed by atoms with Crippen LogP contribution < -0.4 is 4.74 Å². The molecule has 0 saturated carbocycles. The van der Waals surface area contributed by atoms with Gasteiger partial charge in [0.05, 0.1) is 6.61 Å². The molecule has 0 N–H and O–H groups in total. The summed E-state index contributed by atoms with van der Waals surface area (Å²) in [5, 5.41) is 0. The first kappa shape index (κ1) is 14.0. The van der Waals surface area contributed by atoms with Crippen LogP contribution in [0, 0.1) is 0 Å². The number of rotatable bonds is 6. The number of ether oxygens (including phenoxy) is 3. The highest BCUT2D eigenvalue weighted by Gasteiger charge is 2.13. The lowest BCUT2D eigenvalue weighted by Crippen LogP contribution is -2.24. The van der Waals surface area contributed by atoms with E-state index in [1.54, 1.807) is 19.1 Å². The van der Waals surface area contributed by atoms with Crippen molar-refractivity contribution in [3.05, 3.63) is 29.8 Å². The lowest BCUT2D eigenvalue weighted by molar-refractivity contribution is -0.165. The molecule has 1 saturated heterocycles. The van der Waals surface area contributed by atoms with E-state index in [1.165, 1.54) is 0 Å². The minimum absolute atomic E-state index is 0.0392. The first-order valence-electron chi connectivity index (χ1n) is 6.73. The Kier molecular flexibility index (Phi) is 5.36. The summed E-state index contributed by atoms with van der Waals surface area (Å²) in [5.74, 6) is 0.734. The van der Waals surface area contributed by atoms with Gasteiger partial charge in [0.2, 0.25) is 0 Å². The molecule has 0 radical (unpaired) electrons. The Morgan fingerprint density at radius 3 is 3.00 bits per heavy atom. The Hall–Kier alpha value is -1.39. The normalized spacial score (nSPS) is 19.1. The van der Waals surface area contributed by atoms with E-state index in [0.29, 0.717) is 24.5 Å². The van der Waals surface area contributed by atoms with E-state index < -0.39 is 0 Å². The van der Waals surface area contributed by atoms with Gasteiger partial charge in [-0.1, -0.05) is 12.1 Å². The molecule has 19 heavy (non-hydrogen) atoms. The molecule has 104 valence electrons. The van der Waals surface area contributed by atoms with Crippen molar-refractivity contribution in [2.45, 2.75) is 32.5 Å². The van der Waals surface area contributed by atoms with E-state index in [9.17, 15) is 4.79 Å². The van der Waals surface area contributed by atoms with Crippen LogP contribution in [0.5, 0.6) is 5.75 Å². The number of benzene rings is 1. The van der Waals surface area contributed by atoms with Crippen molar-refractivity contribution in [3.63, 3.8) is 0 Å². The van der Waals surface area contributed by atoms with Gasteiger partial charge in [-0.25, -0.2) is 0 Å². The molecule has 1 atom stereocenters. The number of Topliss-reactive ketones (excluding diaryl/α,β-unsaturated/α-hetero) is 1. The molecule has 4 nitrogen and oxygen atoms in total. The van der Waals surface area contributed by atoms with Gasteiger partial charge in [-0.2, -0.15) is 0 Å². The van der Waals surface area contributed by atoms with Crippen molar-refractivity contribution in [1.29, 1.82) is 0 Å². The molecule has 0 unspecified atom stereocenters. The largest absolute Gasteiger partial charge is 0.491 e. The summed E-state index contributed by atoms with van der Waals surface area (Å²) in [7, 11) is 0. The highest BCUT2D eigenvalue weighted by molar-refractivity contribution is 5.94. The van der Waals surface area contributed by atoms with Crippen molar-refractivity contribution in [2.75, 3.05) is 19.8 Å². The molecule has 4 heteroatoms. The van der Waals surface area contributed by atoms with Crippen LogP contribution in [0.2, 0.25) is 0 Å². The quantitative estimate of drug-likeness (QED) is 0.585. The molecule has 0 aliphatic carbocycles. The summed E-state index contributed by atoms with van der Waals surface area (Å²) >= 11 is 0. The van der Waals surface area contributed by atoms with E-state index in [2.05, 4.69) is 0 Å². The third-order valence-electron chi connectivity index (χ3n) is 3.03. The summed E-state index contributed by atoms with van der Waals surface area (Å²) in [6.45, 7) is 3.28. The SMILES string of the molecule is CC(=O)c1cccc(OCCO[C@@H]2CCCCO2)c1. The summed E-state index contributed by atoms with van der Waals surface area (Å²) in [6, 6.07) is 7.18. The predicted molar refractivity (Wildman–Crippen MR) is 71.5 cm³/mol. The lowest BCUT2D eigenvalue weighted by Gasteiger charge is -2.22. The highest BCUT2D eigenvalue weighted by Crippen LogP contribution is 2.15. The van der Waals surface area contributed by atoms with Crippen molar-refractivity contribution in [1.82, 2.24) is 0 Å². The fourth-order valence-electron chi connectivity index (χ4n) is 1.99. The number of ketones is 1. The predicted octanol–water partition coefficient (Wildman–Crippen LogP) is 2.81. The highest BCUT2D eigenvalue weighted by atomic mass is 16.7. The third-order valence-corrected chi connectivity index (χ3v) is 3.03. The smallest absolute Gasteiger partial charge is 0.159 e. The zero-order valence-electron chi connectivity index (χ0n) is 11.3. The molecular formula is C15H20O4. The fraction of sp³-hybridized carbons (Fsp3) is 0.533. The number of hydrogen-bond donors (Lipinski definition) is 0. The topological polar surface area (TPSA) is 44.8 Å². The fourth-order valence-corrected chi connectivity index (χ4v) is 1.99. The van der Waals surface area contributed by atoms with Crippen LogP contribution in [0.4, 0.5) is 0 Å². The molecule has 0 aromatic heterocycles. The molecule has 1 aromatic carbocycles. The second-order valence-corrected chi connectivity index (χ2v) is 4.60. The number of hydrogen-bond acceptors (Lipinski definition) is 4. The maximum absolute atomic E-state index is 11.2. The molecule has 0 spiro atoms. The van der Waals surface area contributed by atoms with Crippen LogP contribution in [0.25, 0.3) is 0 Å². The average Bonchev–Trinajstić information content (AvgIpc) is 2.45. The zero-order valence-corrected chi connectivity index (χ0v) is 11.3. The monoisotopic (exact) mass is 264 g/mol. The summed E-state index contributed by atoms with van der Waals surface area (Å²) in [4.78, 5) is 11.2. The maximum atomic E-state index is 11.2. The number of carbonyl (C=O) groups is 1. The Morgan fingerprint density at radius 2 is 2.26 bits per heavy atom. The molecule has 0 amide bonds. The van der Waals surface area contributed by atoms with E-state index in [4.69, 9.17) is 14.2 Å². The van der Waals surface area contributed by atoms with Crippen molar-refractivity contribution in [2.24, 2.45) is 0 Å². The summed E-state index contributed by atoms with van der Waals surface area (Å²) in [6.07, 6.45) is 3.15. The van der Waals surface area contributed by atoms with Gasteiger partial charge in [0, 0.05) is 12.2 Å². The lowest BCUT2D eigenvalue weighted by atomic mass is 10.1. The van der Waals surface area contributed by atoms with Crippen LogP contribution in [-0.2, 0) is 9.47 Å². The molecule has 1 heterocycles. The van der Waals surface area contributed by atoms with Crippen LogP contribution in [0.1, 0.15) is 36.5 Å². The second-order valence-electron chi connectivity index (χ2n) is 4.60. The summed E-state index contributed by atoms with van der Waals surface area (Å²) in [5.41, 5.74) is 0.661. The van der Waals surface area contributed by atoms with E-state index in [-0.39, 0.29) is 12.1 Å². The zero-order chi connectivity index (χ0) is 13.5. The average molecular weight is 264 g/mol. The van der Waals surface area contributed by atoms with Crippen molar-refractivity contribution < 1.29 is 19.0 Å². The molecule has 2 rings (SSSR count). The maximum Gasteiger partial charge on any atom is 0.159 e. The Labute approximate surface area is 113 Å². The van der Waals surface area contributed by atoms with Crippen molar-refractivity contribution in [3.8, 4) is 5.75 Å². The van der Waals surface area contributed by atoms with Gasteiger partial charge in [0.15, 0.2) is 12.1 Å². The Balaban J connectivity index is 1.70. The van der Waals surface area contributed by atoms with Gasteiger partial charge in [0.25, 0.3) is 0 Å². The Morgan fingerprint density at radius 1 is 1.37 bits per heavy atom. The minimum atomic E-state index is -0.0825. The molecule has 1 aliphatic rings. The van der Waals surface area contributed by atoms with Gasteiger partial charge in [-0.3, -0.25) is 4.79 Å². The van der Waals surface area contributed by atoms with Crippen molar-refractivity contribution >= 4 is 5.78 Å². The van der Waals surface area contributed by atoms with Gasteiger partial charge in [0.1, 0.15) is 12.4 Å². The van der Waals surface area contributed by atoms with Crippen LogP contribution in [-0.4, -0.2) is 31.9 Å². The van der Waals surface area contributed by atoms with Crippen LogP contribution >= 0.6 is 0 Å². The van der Waals surface area contributed by atoms with Gasteiger partial charge >= 0.3 is 0 Å². The minimum Gasteiger partial charge on any atom is -0.491 e. The standard InChI is InChI=1S/C15H20O4/c1-12(16)13-5-4-6-14(11-13)17-9-10-19-15-7-2-3-8-18-15/h4-6,11,15H,2-3,7-10H2,1H3/t15-/m1/s1. The van der Waals surface area contributed by atoms with Gasteiger partial charge in [-0.05, 0) is 38.3 Å². The van der Waals surface area contributed by atoms with Gasteiger partial charge in [-0.15, -0.1) is 0 Å². The molecule has 1 fully saturated rings. The first-order valence-corrected chi connectivity index (χ1v) is 6.73. The summed E-state index contributed by atoms with van der Waals surface area (Å²) < 4.78 is 16.6. The van der Waals surface area contributed by atoms with Crippen LogP contribution in [0.3, 0.4) is 0 Å². The Bertz CT molecular complexity index is 410. The van der Waals surface area contributed by atoms with E-state index in [0.717, 1.165) is 25.9 Å². The van der Waals surface area contributed by atoms with Crippen LogP contribution in [0.15, 0.2) is 24.3 Å². The molecule has 0 bridgehead atoms. The third kappa shape index (κ3) is 4.65. The second kappa shape index (κ2) is 7.26.